The van der Waals surface area contributed by atoms with Crippen LogP contribution >= 0.6 is 11.9 Å². The van der Waals surface area contributed by atoms with Gasteiger partial charge in [-0.15, -0.1) is 0 Å². The summed E-state index contributed by atoms with van der Waals surface area (Å²) in [5.41, 5.74) is 1.19. The maximum atomic E-state index is 5.80. The molecule has 1 atom stereocenters. The van der Waals surface area contributed by atoms with Crippen LogP contribution in [-0.4, -0.2) is 12.6 Å². The summed E-state index contributed by atoms with van der Waals surface area (Å²) in [4.78, 5) is 1.29. The first-order chi connectivity index (χ1) is 6.43. The van der Waals surface area contributed by atoms with Crippen LogP contribution in [0.1, 0.15) is 5.56 Å². The number of benzene rings is 1. The molecule has 0 bridgehead atoms. The summed E-state index contributed by atoms with van der Waals surface area (Å²) in [6.07, 6.45) is 2.44. The molecule has 3 rings (SSSR count). The molecule has 0 radical (unpaired) electrons. The Kier molecular flexibility index (Phi) is 1.60. The van der Waals surface area contributed by atoms with Crippen LogP contribution in [0.2, 0.25) is 0 Å². The van der Waals surface area contributed by atoms with Crippen LogP contribution in [0.5, 0.6) is 5.75 Å². The number of nitrogens with one attached hydrogen (secondary N) is 1. The van der Waals surface area contributed by atoms with Gasteiger partial charge in [0.25, 0.3) is 0 Å². The average Bonchev–Trinajstić information content (AvgIpc) is 2.61. The first-order valence-electron chi connectivity index (χ1n) is 4.30. The van der Waals surface area contributed by atoms with Crippen LogP contribution in [0.4, 0.5) is 0 Å². The zero-order chi connectivity index (χ0) is 8.67. The molecule has 1 aromatic carbocycles. The quantitative estimate of drug-likeness (QED) is 0.634. The lowest BCUT2D eigenvalue weighted by Crippen LogP contribution is -2.23. The number of fused-ring (bicyclic) bond motifs is 2. The Balaban J connectivity index is 2.10. The van der Waals surface area contributed by atoms with E-state index in [0.29, 0.717) is 0 Å². The highest BCUT2D eigenvalue weighted by molar-refractivity contribution is 8.01. The van der Waals surface area contributed by atoms with Crippen LogP contribution in [0, 0.1) is 0 Å². The fourth-order valence-electron chi connectivity index (χ4n) is 1.60. The Morgan fingerprint density at radius 2 is 2.31 bits per heavy atom. The van der Waals surface area contributed by atoms with Gasteiger partial charge in [0.15, 0.2) is 0 Å². The highest BCUT2D eigenvalue weighted by atomic mass is 32.2. The third-order valence-electron chi connectivity index (χ3n) is 2.26. The second-order valence-electron chi connectivity index (χ2n) is 3.14. The van der Waals surface area contributed by atoms with Gasteiger partial charge in [0.05, 0.1) is 0 Å². The lowest BCUT2D eigenvalue weighted by atomic mass is 10.1. The molecule has 2 aliphatic rings. The zero-order valence-electron chi connectivity index (χ0n) is 6.99. The molecule has 0 aliphatic carbocycles. The number of hydrogen-bond acceptors (Lipinski definition) is 3. The van der Waals surface area contributed by atoms with Gasteiger partial charge >= 0.3 is 0 Å². The van der Waals surface area contributed by atoms with Crippen molar-refractivity contribution in [2.45, 2.75) is 6.10 Å². The molecule has 2 nitrogen and oxygen atoms in total. The smallest absolute Gasteiger partial charge is 0.144 e. The van der Waals surface area contributed by atoms with Crippen molar-refractivity contribution in [3.8, 4) is 5.75 Å². The summed E-state index contributed by atoms with van der Waals surface area (Å²) in [5, 5.41) is 0. The normalized spacial score (nSPS) is 24.3. The SMILES string of the molecule is C1=C2SNCC2Oc2ccccc21. The predicted octanol–water partition coefficient (Wildman–Crippen LogP) is 2.04. The molecular formula is C10H9NOS. The molecule has 0 spiro atoms. The monoisotopic (exact) mass is 191 g/mol. The molecule has 1 saturated heterocycles. The summed E-state index contributed by atoms with van der Waals surface area (Å²) < 4.78 is 9.03. The summed E-state index contributed by atoms with van der Waals surface area (Å²) in [7, 11) is 0. The Morgan fingerprint density at radius 1 is 1.38 bits per heavy atom. The van der Waals surface area contributed by atoms with Crippen LogP contribution in [0.25, 0.3) is 6.08 Å². The minimum absolute atomic E-state index is 0.236. The van der Waals surface area contributed by atoms with Crippen molar-refractivity contribution >= 4 is 18.0 Å². The minimum Gasteiger partial charge on any atom is -0.483 e. The lowest BCUT2D eigenvalue weighted by molar-refractivity contribution is 0.252. The van der Waals surface area contributed by atoms with Crippen molar-refractivity contribution < 1.29 is 4.74 Å². The molecule has 1 unspecified atom stereocenters. The molecule has 0 aromatic heterocycles. The summed E-state index contributed by atoms with van der Waals surface area (Å²) in [5.74, 6) is 1.00. The van der Waals surface area contributed by atoms with Crippen molar-refractivity contribution in [2.24, 2.45) is 0 Å². The third kappa shape index (κ3) is 1.16. The van der Waals surface area contributed by atoms with Gasteiger partial charge in [-0.25, -0.2) is 0 Å². The van der Waals surface area contributed by atoms with Crippen LogP contribution in [0.3, 0.4) is 0 Å². The van der Waals surface area contributed by atoms with Gasteiger partial charge in [-0.1, -0.05) is 18.2 Å². The van der Waals surface area contributed by atoms with E-state index in [9.17, 15) is 0 Å². The Bertz CT molecular complexity index is 375. The van der Waals surface area contributed by atoms with Gasteiger partial charge in [0, 0.05) is 17.0 Å². The fraction of sp³-hybridized carbons (Fsp3) is 0.200. The van der Waals surface area contributed by atoms with Crippen molar-refractivity contribution in [1.29, 1.82) is 0 Å². The van der Waals surface area contributed by atoms with Crippen molar-refractivity contribution in [2.75, 3.05) is 6.54 Å². The molecule has 1 aromatic rings. The molecule has 0 amide bonds. The lowest BCUT2D eigenvalue weighted by Gasteiger charge is -2.20. The van der Waals surface area contributed by atoms with Crippen molar-refractivity contribution in [3.05, 3.63) is 34.7 Å². The zero-order valence-corrected chi connectivity index (χ0v) is 7.80. The highest BCUT2D eigenvalue weighted by Crippen LogP contribution is 2.36. The molecule has 2 aliphatic heterocycles. The highest BCUT2D eigenvalue weighted by Gasteiger charge is 2.27. The van der Waals surface area contributed by atoms with E-state index in [1.54, 1.807) is 11.9 Å². The van der Waals surface area contributed by atoms with E-state index >= 15 is 0 Å². The van der Waals surface area contributed by atoms with E-state index in [0.717, 1.165) is 12.3 Å². The van der Waals surface area contributed by atoms with Crippen molar-refractivity contribution in [3.63, 3.8) is 0 Å². The number of hydrogen-bond donors (Lipinski definition) is 1. The number of para-hydroxylation sites is 1. The molecule has 3 heteroatoms. The summed E-state index contributed by atoms with van der Waals surface area (Å²) >= 11 is 1.68. The standard InChI is InChI=1S/C10H9NOS/c1-2-4-8-7(3-1)5-10-9(12-8)6-11-13-10/h1-5,9,11H,6H2. The molecule has 1 fully saturated rings. The van der Waals surface area contributed by atoms with E-state index in [1.165, 1.54) is 10.5 Å². The fourth-order valence-corrected chi connectivity index (χ4v) is 2.45. The second kappa shape index (κ2) is 2.79. The Morgan fingerprint density at radius 3 is 3.31 bits per heavy atom. The van der Waals surface area contributed by atoms with Gasteiger partial charge in [0.2, 0.25) is 0 Å². The first kappa shape index (κ1) is 7.47. The maximum Gasteiger partial charge on any atom is 0.144 e. The van der Waals surface area contributed by atoms with E-state index < -0.39 is 0 Å². The second-order valence-corrected chi connectivity index (χ2v) is 4.11. The van der Waals surface area contributed by atoms with Crippen LogP contribution < -0.4 is 9.46 Å². The molecule has 0 saturated carbocycles. The molecule has 13 heavy (non-hydrogen) atoms. The molecular weight excluding hydrogens is 182 g/mol. The van der Waals surface area contributed by atoms with E-state index in [1.807, 2.05) is 18.2 Å². The van der Waals surface area contributed by atoms with Gasteiger partial charge in [0.1, 0.15) is 11.9 Å². The van der Waals surface area contributed by atoms with E-state index in [2.05, 4.69) is 16.9 Å². The van der Waals surface area contributed by atoms with E-state index in [4.69, 9.17) is 4.74 Å². The van der Waals surface area contributed by atoms with Gasteiger partial charge < -0.3 is 4.74 Å². The molecule has 66 valence electrons. The van der Waals surface area contributed by atoms with Gasteiger partial charge in [-0.2, -0.15) is 0 Å². The first-order valence-corrected chi connectivity index (χ1v) is 5.12. The van der Waals surface area contributed by atoms with Crippen LogP contribution in [-0.2, 0) is 0 Å². The average molecular weight is 191 g/mol. The maximum absolute atomic E-state index is 5.80. The van der Waals surface area contributed by atoms with Gasteiger partial charge in [-0.05, 0) is 24.1 Å². The largest absolute Gasteiger partial charge is 0.483 e. The topological polar surface area (TPSA) is 21.3 Å². The predicted molar refractivity (Wildman–Crippen MR) is 54.4 cm³/mol. The minimum atomic E-state index is 0.236. The molecule has 1 N–H and O–H groups in total. The summed E-state index contributed by atoms with van der Waals surface area (Å²) in [6, 6.07) is 8.14. The van der Waals surface area contributed by atoms with E-state index in [-0.39, 0.29) is 6.10 Å². The Labute approximate surface area is 81.1 Å². The number of ether oxygens (including phenoxy) is 1. The van der Waals surface area contributed by atoms with Gasteiger partial charge in [-0.3, -0.25) is 4.72 Å². The third-order valence-corrected chi connectivity index (χ3v) is 3.19. The van der Waals surface area contributed by atoms with Crippen LogP contribution in [0.15, 0.2) is 29.2 Å². The molecule has 2 heterocycles. The number of rotatable bonds is 0. The Hall–Kier alpha value is -0.930. The summed E-state index contributed by atoms with van der Waals surface area (Å²) in [6.45, 7) is 0.908. The van der Waals surface area contributed by atoms with Crippen molar-refractivity contribution in [1.82, 2.24) is 4.72 Å².